The van der Waals surface area contributed by atoms with Gasteiger partial charge in [0.2, 0.25) is 5.91 Å². The van der Waals surface area contributed by atoms with Crippen molar-refractivity contribution < 1.29 is 9.53 Å². The van der Waals surface area contributed by atoms with Gasteiger partial charge in [0.05, 0.1) is 11.5 Å². The summed E-state index contributed by atoms with van der Waals surface area (Å²) in [6, 6.07) is 17.9. The van der Waals surface area contributed by atoms with Crippen molar-refractivity contribution in [2.75, 3.05) is 5.32 Å². The van der Waals surface area contributed by atoms with E-state index in [1.807, 2.05) is 42.5 Å². The maximum absolute atomic E-state index is 13.1. The number of ether oxygens (including phenoxy) is 1. The van der Waals surface area contributed by atoms with E-state index in [9.17, 15) is 4.79 Å². The standard InChI is InChI=1S/C22H27NO2/c1-3-17(2)25-20-13-11-19(12-14-20)23-21(24)22(15-7-8-16-22)18-9-5-4-6-10-18/h4-6,9-14,17H,3,7-8,15-16H2,1-2H3,(H,23,24)/t17-/m0/s1. The molecular formula is C22H27NO2. The third kappa shape index (κ3) is 3.87. The van der Waals surface area contributed by atoms with Crippen molar-refractivity contribution in [2.45, 2.75) is 57.5 Å². The second-order valence-electron chi connectivity index (χ2n) is 6.97. The van der Waals surface area contributed by atoms with Crippen molar-refractivity contribution in [2.24, 2.45) is 0 Å². The van der Waals surface area contributed by atoms with Gasteiger partial charge in [0.25, 0.3) is 0 Å². The van der Waals surface area contributed by atoms with Gasteiger partial charge >= 0.3 is 0 Å². The van der Waals surface area contributed by atoms with Crippen LogP contribution in [0.5, 0.6) is 5.75 Å². The maximum Gasteiger partial charge on any atom is 0.235 e. The number of hydrogen-bond acceptors (Lipinski definition) is 2. The Hall–Kier alpha value is -2.29. The fourth-order valence-corrected chi connectivity index (χ4v) is 3.57. The molecule has 3 nitrogen and oxygen atoms in total. The Balaban J connectivity index is 1.74. The van der Waals surface area contributed by atoms with E-state index < -0.39 is 5.41 Å². The summed E-state index contributed by atoms with van der Waals surface area (Å²) in [7, 11) is 0. The zero-order valence-corrected chi connectivity index (χ0v) is 15.1. The first-order valence-electron chi connectivity index (χ1n) is 9.28. The monoisotopic (exact) mass is 337 g/mol. The molecule has 1 N–H and O–H groups in total. The van der Waals surface area contributed by atoms with Crippen LogP contribution in [-0.2, 0) is 10.2 Å². The zero-order chi connectivity index (χ0) is 17.7. The topological polar surface area (TPSA) is 38.3 Å². The second kappa shape index (κ2) is 7.73. The summed E-state index contributed by atoms with van der Waals surface area (Å²) < 4.78 is 5.80. The maximum atomic E-state index is 13.1. The average Bonchev–Trinajstić information content (AvgIpc) is 3.15. The lowest BCUT2D eigenvalue weighted by atomic mass is 9.78. The summed E-state index contributed by atoms with van der Waals surface area (Å²) in [5.74, 6) is 0.942. The highest BCUT2D eigenvalue weighted by atomic mass is 16.5. The summed E-state index contributed by atoms with van der Waals surface area (Å²) in [6.45, 7) is 4.16. The van der Waals surface area contributed by atoms with Crippen LogP contribution in [-0.4, -0.2) is 12.0 Å². The molecule has 1 aliphatic rings. The number of anilines is 1. The molecule has 0 radical (unpaired) electrons. The molecular weight excluding hydrogens is 310 g/mol. The fraction of sp³-hybridized carbons (Fsp3) is 0.409. The lowest BCUT2D eigenvalue weighted by molar-refractivity contribution is -0.121. The van der Waals surface area contributed by atoms with Crippen LogP contribution < -0.4 is 10.1 Å². The number of carbonyl (C=O) groups excluding carboxylic acids is 1. The number of hydrogen-bond donors (Lipinski definition) is 1. The molecule has 0 spiro atoms. The summed E-state index contributed by atoms with van der Waals surface area (Å²) in [6.07, 6.45) is 5.20. The summed E-state index contributed by atoms with van der Waals surface area (Å²) in [4.78, 5) is 13.1. The Kier molecular flexibility index (Phi) is 5.42. The first-order valence-corrected chi connectivity index (χ1v) is 9.28. The molecule has 132 valence electrons. The van der Waals surface area contributed by atoms with Gasteiger partial charge in [-0.25, -0.2) is 0 Å². The predicted molar refractivity (Wildman–Crippen MR) is 102 cm³/mol. The molecule has 0 aromatic heterocycles. The van der Waals surface area contributed by atoms with Gasteiger partial charge in [0.15, 0.2) is 0 Å². The van der Waals surface area contributed by atoms with E-state index in [1.54, 1.807) is 0 Å². The van der Waals surface area contributed by atoms with Gasteiger partial charge in [0.1, 0.15) is 5.75 Å². The van der Waals surface area contributed by atoms with Crippen LogP contribution in [0.1, 0.15) is 51.5 Å². The molecule has 0 bridgehead atoms. The van der Waals surface area contributed by atoms with E-state index in [-0.39, 0.29) is 12.0 Å². The largest absolute Gasteiger partial charge is 0.491 e. The molecule has 0 heterocycles. The van der Waals surface area contributed by atoms with E-state index >= 15 is 0 Å². The van der Waals surface area contributed by atoms with Gasteiger partial charge in [-0.05, 0) is 56.0 Å². The highest BCUT2D eigenvalue weighted by Crippen LogP contribution is 2.42. The second-order valence-corrected chi connectivity index (χ2v) is 6.97. The number of carbonyl (C=O) groups is 1. The molecule has 1 atom stereocenters. The van der Waals surface area contributed by atoms with Gasteiger partial charge in [-0.3, -0.25) is 4.79 Å². The number of benzene rings is 2. The lowest BCUT2D eigenvalue weighted by Gasteiger charge is -2.28. The highest BCUT2D eigenvalue weighted by molar-refractivity contribution is 5.99. The van der Waals surface area contributed by atoms with Gasteiger partial charge in [-0.15, -0.1) is 0 Å². The van der Waals surface area contributed by atoms with Crippen molar-refractivity contribution in [1.82, 2.24) is 0 Å². The molecule has 1 amide bonds. The van der Waals surface area contributed by atoms with Crippen molar-refractivity contribution >= 4 is 11.6 Å². The third-order valence-electron chi connectivity index (χ3n) is 5.24. The first kappa shape index (κ1) is 17.5. The van der Waals surface area contributed by atoms with E-state index in [4.69, 9.17) is 4.74 Å². The van der Waals surface area contributed by atoms with Crippen molar-refractivity contribution in [3.8, 4) is 5.75 Å². The molecule has 0 aliphatic heterocycles. The van der Waals surface area contributed by atoms with Crippen LogP contribution in [0.3, 0.4) is 0 Å². The third-order valence-corrected chi connectivity index (χ3v) is 5.24. The molecule has 3 rings (SSSR count). The SMILES string of the molecule is CC[C@H](C)Oc1ccc(NC(=O)C2(c3ccccc3)CCCC2)cc1. The van der Waals surface area contributed by atoms with Gasteiger partial charge in [-0.2, -0.15) is 0 Å². The Morgan fingerprint density at radius 3 is 2.32 bits per heavy atom. The van der Waals surface area contributed by atoms with Gasteiger partial charge in [0, 0.05) is 5.69 Å². The zero-order valence-electron chi connectivity index (χ0n) is 15.1. The minimum absolute atomic E-state index is 0.104. The minimum atomic E-state index is -0.396. The molecule has 1 aliphatic carbocycles. The van der Waals surface area contributed by atoms with Gasteiger partial charge in [-0.1, -0.05) is 50.1 Å². The van der Waals surface area contributed by atoms with Crippen molar-refractivity contribution in [1.29, 1.82) is 0 Å². The molecule has 1 saturated carbocycles. The van der Waals surface area contributed by atoms with Crippen LogP contribution in [0.4, 0.5) is 5.69 Å². The molecule has 1 fully saturated rings. The van der Waals surface area contributed by atoms with Gasteiger partial charge < -0.3 is 10.1 Å². The normalized spacial score (nSPS) is 17.0. The van der Waals surface area contributed by atoms with Crippen LogP contribution in [0.25, 0.3) is 0 Å². The number of rotatable bonds is 6. The van der Waals surface area contributed by atoms with Crippen molar-refractivity contribution in [3.05, 3.63) is 60.2 Å². The lowest BCUT2D eigenvalue weighted by Crippen LogP contribution is -2.37. The van der Waals surface area contributed by atoms with Crippen LogP contribution in [0.2, 0.25) is 0 Å². The Morgan fingerprint density at radius 2 is 1.72 bits per heavy atom. The average molecular weight is 337 g/mol. The Labute approximate surface area is 150 Å². The number of amides is 1. The molecule has 0 unspecified atom stereocenters. The van der Waals surface area contributed by atoms with Crippen LogP contribution in [0, 0.1) is 0 Å². The molecule has 0 saturated heterocycles. The summed E-state index contributed by atoms with van der Waals surface area (Å²) in [5, 5.41) is 3.12. The van der Waals surface area contributed by atoms with Crippen molar-refractivity contribution in [3.63, 3.8) is 0 Å². The van der Waals surface area contributed by atoms with Crippen LogP contribution >= 0.6 is 0 Å². The summed E-state index contributed by atoms with van der Waals surface area (Å²) in [5.41, 5.74) is 1.55. The van der Waals surface area contributed by atoms with E-state index in [2.05, 4.69) is 31.3 Å². The fourth-order valence-electron chi connectivity index (χ4n) is 3.57. The minimum Gasteiger partial charge on any atom is -0.491 e. The Morgan fingerprint density at radius 1 is 1.08 bits per heavy atom. The molecule has 2 aromatic rings. The van der Waals surface area contributed by atoms with E-state index in [1.165, 1.54) is 0 Å². The van der Waals surface area contributed by atoms with E-state index in [0.717, 1.165) is 49.1 Å². The smallest absolute Gasteiger partial charge is 0.235 e. The van der Waals surface area contributed by atoms with E-state index in [0.29, 0.717) is 0 Å². The predicted octanol–water partition coefficient (Wildman–Crippen LogP) is 5.31. The molecule has 2 aromatic carbocycles. The first-order chi connectivity index (χ1) is 12.1. The summed E-state index contributed by atoms with van der Waals surface area (Å²) >= 11 is 0. The molecule has 3 heteroatoms. The van der Waals surface area contributed by atoms with Crippen LogP contribution in [0.15, 0.2) is 54.6 Å². The molecule has 25 heavy (non-hydrogen) atoms. The Bertz CT molecular complexity index is 688. The quantitative estimate of drug-likeness (QED) is 0.775. The highest BCUT2D eigenvalue weighted by Gasteiger charge is 2.42. The number of nitrogens with one attached hydrogen (secondary N) is 1.